The third-order valence-electron chi connectivity index (χ3n) is 5.17. The van der Waals surface area contributed by atoms with Crippen molar-refractivity contribution in [3.63, 3.8) is 0 Å². The molecule has 0 saturated carbocycles. The van der Waals surface area contributed by atoms with Gasteiger partial charge in [-0.25, -0.2) is 0 Å². The van der Waals surface area contributed by atoms with Crippen LogP contribution < -0.4 is 4.74 Å². The predicted molar refractivity (Wildman–Crippen MR) is 147 cm³/mol. The number of nitrogens with zero attached hydrogens (tertiary/aromatic N) is 4. The molecular formula is C24H18BrCl3N4O3S. The monoisotopic (exact) mass is 626 g/mol. The molecule has 0 N–H and O–H groups in total. The quantitative estimate of drug-likeness (QED) is 0.106. The zero-order valence-corrected chi connectivity index (χ0v) is 23.4. The maximum absolute atomic E-state index is 11.5. The first kappa shape index (κ1) is 26.8. The summed E-state index contributed by atoms with van der Waals surface area (Å²) in [4.78, 5) is 11.2. The van der Waals surface area contributed by atoms with Crippen LogP contribution in [0.4, 0.5) is 0 Å². The van der Waals surface area contributed by atoms with E-state index in [0.717, 1.165) is 16.8 Å². The van der Waals surface area contributed by atoms with Crippen LogP contribution in [-0.2, 0) is 6.61 Å². The van der Waals surface area contributed by atoms with Gasteiger partial charge in [-0.1, -0.05) is 58.7 Å². The number of rotatable bonds is 9. The number of benzene rings is 3. The molecule has 0 radical (unpaired) electrons. The van der Waals surface area contributed by atoms with Crippen LogP contribution in [0.5, 0.6) is 5.75 Å². The number of ether oxygens (including phenoxy) is 1. The molecule has 1 aromatic heterocycles. The summed E-state index contributed by atoms with van der Waals surface area (Å²) < 4.78 is 8.42. The van der Waals surface area contributed by atoms with Gasteiger partial charge in [-0.3, -0.25) is 14.7 Å². The van der Waals surface area contributed by atoms with Gasteiger partial charge in [0.1, 0.15) is 23.4 Å². The Morgan fingerprint density at radius 3 is 2.44 bits per heavy atom. The summed E-state index contributed by atoms with van der Waals surface area (Å²) >= 11 is 23.0. The molecule has 7 nitrogen and oxygen atoms in total. The number of nitro groups is 1. The minimum atomic E-state index is -0.522. The molecule has 0 amide bonds. The van der Waals surface area contributed by atoms with Gasteiger partial charge in [0, 0.05) is 31.2 Å². The number of hydrogen-bond donors (Lipinski definition) is 0. The fourth-order valence-electron chi connectivity index (χ4n) is 3.41. The summed E-state index contributed by atoms with van der Waals surface area (Å²) in [6.07, 6.45) is 0. The van der Waals surface area contributed by atoms with Crippen molar-refractivity contribution in [3.05, 3.63) is 107 Å². The van der Waals surface area contributed by atoms with Crippen LogP contribution in [0.1, 0.15) is 22.2 Å². The Balaban J connectivity index is 1.57. The number of thioether (sulfide) groups is 1. The first-order valence-electron chi connectivity index (χ1n) is 10.5. The van der Waals surface area contributed by atoms with Gasteiger partial charge in [0.15, 0.2) is 5.16 Å². The fourth-order valence-corrected chi connectivity index (χ4v) is 5.67. The van der Waals surface area contributed by atoms with E-state index in [1.807, 2.05) is 29.7 Å². The minimum Gasteiger partial charge on any atom is -0.488 e. The molecule has 12 heteroatoms. The lowest BCUT2D eigenvalue weighted by Gasteiger charge is -2.16. The Morgan fingerprint density at radius 1 is 1.06 bits per heavy atom. The van der Waals surface area contributed by atoms with Crippen LogP contribution in [0.3, 0.4) is 0 Å². The van der Waals surface area contributed by atoms with Crippen LogP contribution in [0.15, 0.2) is 70.3 Å². The van der Waals surface area contributed by atoms with Gasteiger partial charge in [-0.15, -0.1) is 10.2 Å². The van der Waals surface area contributed by atoms with Crippen LogP contribution in [0.25, 0.3) is 5.69 Å². The highest BCUT2D eigenvalue weighted by atomic mass is 79.9. The number of aryl methyl sites for hydroxylation is 1. The second-order valence-corrected chi connectivity index (χ2v) is 11.0. The van der Waals surface area contributed by atoms with E-state index in [-0.39, 0.29) is 18.1 Å². The molecule has 4 aromatic rings. The molecule has 0 spiro atoms. The third kappa shape index (κ3) is 6.52. The van der Waals surface area contributed by atoms with Gasteiger partial charge in [-0.2, -0.15) is 0 Å². The second-order valence-electron chi connectivity index (χ2n) is 7.68. The third-order valence-corrected chi connectivity index (χ3v) is 7.81. The van der Waals surface area contributed by atoms with Crippen LogP contribution >= 0.6 is 62.5 Å². The molecule has 1 heterocycles. The first-order chi connectivity index (χ1) is 17.2. The molecule has 0 aliphatic rings. The highest BCUT2D eigenvalue weighted by Gasteiger charge is 2.24. The zero-order valence-electron chi connectivity index (χ0n) is 18.7. The lowest BCUT2D eigenvalue weighted by molar-refractivity contribution is -0.479. The molecule has 0 aliphatic carbocycles. The minimum absolute atomic E-state index is 0.241. The summed E-state index contributed by atoms with van der Waals surface area (Å²) in [7, 11) is 0. The van der Waals surface area contributed by atoms with Crippen LogP contribution in [-0.4, -0.2) is 26.2 Å². The van der Waals surface area contributed by atoms with Crippen molar-refractivity contribution >= 4 is 62.5 Å². The molecular weight excluding hydrogens is 611 g/mol. The van der Waals surface area contributed by atoms with Crippen molar-refractivity contribution in [2.45, 2.75) is 23.9 Å². The van der Waals surface area contributed by atoms with Crippen molar-refractivity contribution in [2.75, 3.05) is 6.54 Å². The molecule has 186 valence electrons. The Kier molecular flexibility index (Phi) is 8.79. The van der Waals surface area contributed by atoms with Crippen molar-refractivity contribution < 1.29 is 9.66 Å². The number of aromatic nitrogens is 3. The van der Waals surface area contributed by atoms with E-state index < -0.39 is 5.25 Å². The Bertz CT molecular complexity index is 1400. The van der Waals surface area contributed by atoms with Crippen molar-refractivity contribution in [2.24, 2.45) is 0 Å². The Labute approximate surface area is 235 Å². The average molecular weight is 629 g/mol. The molecule has 0 aliphatic heterocycles. The highest BCUT2D eigenvalue weighted by molar-refractivity contribution is 9.10. The molecule has 3 aromatic carbocycles. The van der Waals surface area contributed by atoms with E-state index in [1.165, 1.54) is 11.8 Å². The SMILES string of the molecule is Cc1nnc(S[C@@H](C[N+](=O)[O-])c2ccc(OCc3ccc(Cl)cc3Cl)c(Br)c2)n1-c1ccc(Cl)cc1. The first-order valence-corrected chi connectivity index (χ1v) is 13.3. The zero-order chi connectivity index (χ0) is 25.8. The van der Waals surface area contributed by atoms with Gasteiger partial charge in [0.05, 0.1) is 4.47 Å². The number of hydrogen-bond acceptors (Lipinski definition) is 6. The fraction of sp³-hybridized carbons (Fsp3) is 0.167. The smallest absolute Gasteiger partial charge is 0.220 e. The molecule has 0 saturated heterocycles. The normalized spacial score (nSPS) is 11.9. The summed E-state index contributed by atoms with van der Waals surface area (Å²) in [6, 6.07) is 17.8. The summed E-state index contributed by atoms with van der Waals surface area (Å²) in [5.74, 6) is 1.24. The van der Waals surface area contributed by atoms with E-state index in [9.17, 15) is 10.1 Å². The van der Waals surface area contributed by atoms with Crippen LogP contribution in [0, 0.1) is 17.0 Å². The van der Waals surface area contributed by atoms with E-state index >= 15 is 0 Å². The largest absolute Gasteiger partial charge is 0.488 e. The Hall–Kier alpha value is -2.30. The van der Waals surface area contributed by atoms with E-state index in [0.29, 0.717) is 36.3 Å². The lowest BCUT2D eigenvalue weighted by atomic mass is 10.1. The predicted octanol–water partition coefficient (Wildman–Crippen LogP) is 7.99. The standard InChI is InChI=1S/C24H18BrCl3N4O3S/c1-14-29-30-24(32(14)19-7-5-17(26)6-8-19)36-23(12-31(33)34)15-3-9-22(20(25)10-15)35-13-16-2-4-18(27)11-21(16)28/h2-11,23H,12-13H2,1H3/t23-/m0/s1. The Morgan fingerprint density at radius 2 is 1.78 bits per heavy atom. The second kappa shape index (κ2) is 11.8. The van der Waals surface area contributed by atoms with Gasteiger partial charge in [0.25, 0.3) is 0 Å². The van der Waals surface area contributed by atoms with Gasteiger partial charge in [-0.05, 0) is 76.9 Å². The van der Waals surface area contributed by atoms with Gasteiger partial charge < -0.3 is 4.74 Å². The lowest BCUT2D eigenvalue weighted by Crippen LogP contribution is -2.11. The molecule has 4 rings (SSSR count). The maximum atomic E-state index is 11.5. The molecule has 36 heavy (non-hydrogen) atoms. The number of halogens is 4. The molecule has 0 fully saturated rings. The average Bonchev–Trinajstić information content (AvgIpc) is 3.19. The maximum Gasteiger partial charge on any atom is 0.220 e. The van der Waals surface area contributed by atoms with Gasteiger partial charge >= 0.3 is 0 Å². The topological polar surface area (TPSA) is 83.1 Å². The molecule has 0 bridgehead atoms. The summed E-state index contributed by atoms with van der Waals surface area (Å²) in [5, 5.41) is 21.6. The molecule has 1 atom stereocenters. The van der Waals surface area contributed by atoms with Crippen molar-refractivity contribution in [3.8, 4) is 11.4 Å². The van der Waals surface area contributed by atoms with Gasteiger partial charge in [0.2, 0.25) is 6.54 Å². The summed E-state index contributed by atoms with van der Waals surface area (Å²) in [5.41, 5.74) is 2.34. The van der Waals surface area contributed by atoms with E-state index in [2.05, 4.69) is 26.1 Å². The van der Waals surface area contributed by atoms with Crippen molar-refractivity contribution in [1.29, 1.82) is 0 Å². The molecule has 0 unspecified atom stereocenters. The highest BCUT2D eigenvalue weighted by Crippen LogP contribution is 2.39. The van der Waals surface area contributed by atoms with Crippen molar-refractivity contribution in [1.82, 2.24) is 14.8 Å². The summed E-state index contributed by atoms with van der Waals surface area (Å²) in [6.45, 7) is 1.76. The van der Waals surface area contributed by atoms with Crippen LogP contribution in [0.2, 0.25) is 15.1 Å². The van der Waals surface area contributed by atoms with E-state index in [4.69, 9.17) is 39.5 Å². The van der Waals surface area contributed by atoms with E-state index in [1.54, 1.807) is 42.5 Å².